The monoisotopic (exact) mass is 394 g/mol. The van der Waals surface area contributed by atoms with Gasteiger partial charge >= 0.3 is 0 Å². The van der Waals surface area contributed by atoms with Gasteiger partial charge in [-0.1, -0.05) is 23.7 Å². The fraction of sp³-hybridized carbons (Fsp3) is 0.278. The second-order valence-corrected chi connectivity index (χ2v) is 8.30. The summed E-state index contributed by atoms with van der Waals surface area (Å²) < 4.78 is 28.4. The van der Waals surface area contributed by atoms with Gasteiger partial charge in [0.2, 0.25) is 10.0 Å². The Bertz CT molecular complexity index is 944. The first-order chi connectivity index (χ1) is 12.2. The van der Waals surface area contributed by atoms with Crippen LogP contribution in [0.1, 0.15) is 24.1 Å². The van der Waals surface area contributed by atoms with E-state index in [1.165, 1.54) is 12.1 Å². The third-order valence-electron chi connectivity index (χ3n) is 4.59. The zero-order valence-corrected chi connectivity index (χ0v) is 15.9. The number of likely N-dealkylation sites (N-methyl/N-ethyl adjacent to an activating group) is 1. The van der Waals surface area contributed by atoms with E-state index >= 15 is 0 Å². The van der Waals surface area contributed by atoms with Crippen molar-refractivity contribution in [2.24, 2.45) is 5.14 Å². The van der Waals surface area contributed by atoms with Crippen molar-refractivity contribution in [1.29, 1.82) is 0 Å². The molecule has 2 atom stereocenters. The third kappa shape index (κ3) is 3.70. The van der Waals surface area contributed by atoms with Crippen molar-refractivity contribution in [2.75, 3.05) is 7.05 Å². The minimum atomic E-state index is -3.74. The van der Waals surface area contributed by atoms with Gasteiger partial charge in [-0.3, -0.25) is 4.79 Å². The minimum absolute atomic E-state index is 0.0360. The number of hydrogen-bond acceptors (Lipinski definition) is 4. The van der Waals surface area contributed by atoms with Crippen molar-refractivity contribution in [1.82, 2.24) is 4.90 Å². The zero-order chi connectivity index (χ0) is 19.1. The molecule has 2 aromatic carbocycles. The third-order valence-corrected chi connectivity index (χ3v) is 5.76. The number of fused-ring (bicyclic) bond motifs is 1. The van der Waals surface area contributed by atoms with Crippen LogP contribution in [0.25, 0.3) is 0 Å². The van der Waals surface area contributed by atoms with Crippen molar-refractivity contribution in [3.05, 3.63) is 58.6 Å². The second-order valence-electron chi connectivity index (χ2n) is 6.30. The fourth-order valence-corrected chi connectivity index (χ4v) is 3.64. The van der Waals surface area contributed by atoms with Crippen LogP contribution in [-0.2, 0) is 21.2 Å². The first-order valence-corrected chi connectivity index (χ1v) is 9.94. The van der Waals surface area contributed by atoms with Gasteiger partial charge in [0.15, 0.2) is 6.10 Å². The smallest absolute Gasteiger partial charge is 0.264 e. The number of hydrogen-bond donors (Lipinski definition) is 1. The summed E-state index contributed by atoms with van der Waals surface area (Å²) in [5, 5.41) is 5.72. The van der Waals surface area contributed by atoms with E-state index in [4.69, 9.17) is 21.5 Å². The predicted molar refractivity (Wildman–Crippen MR) is 98.6 cm³/mol. The molecule has 1 amide bonds. The van der Waals surface area contributed by atoms with E-state index in [0.717, 1.165) is 11.1 Å². The van der Waals surface area contributed by atoms with Crippen LogP contribution in [-0.4, -0.2) is 32.4 Å². The van der Waals surface area contributed by atoms with Gasteiger partial charge in [0, 0.05) is 18.5 Å². The van der Waals surface area contributed by atoms with E-state index < -0.39 is 16.1 Å². The van der Waals surface area contributed by atoms with E-state index in [9.17, 15) is 13.2 Å². The van der Waals surface area contributed by atoms with Crippen LogP contribution < -0.4 is 9.88 Å². The van der Waals surface area contributed by atoms with E-state index in [2.05, 4.69) is 0 Å². The molecular weight excluding hydrogens is 376 g/mol. The molecule has 0 aromatic heterocycles. The zero-order valence-electron chi connectivity index (χ0n) is 14.3. The fourth-order valence-electron chi connectivity index (χ4n) is 2.93. The molecule has 1 aliphatic rings. The van der Waals surface area contributed by atoms with Crippen molar-refractivity contribution in [3.8, 4) is 5.75 Å². The van der Waals surface area contributed by atoms with Gasteiger partial charge in [-0.05, 0) is 48.4 Å². The van der Waals surface area contributed by atoms with Gasteiger partial charge in [0.1, 0.15) is 5.75 Å². The number of amides is 1. The summed E-state index contributed by atoms with van der Waals surface area (Å²) in [6, 6.07) is 11.2. The lowest BCUT2D eigenvalue weighted by Gasteiger charge is -2.27. The number of ether oxygens (including phenoxy) is 1. The van der Waals surface area contributed by atoms with Gasteiger partial charge < -0.3 is 9.64 Å². The van der Waals surface area contributed by atoms with Crippen molar-refractivity contribution >= 4 is 27.5 Å². The largest absolute Gasteiger partial charge is 0.480 e. The molecule has 3 rings (SSSR count). The number of nitrogens with two attached hydrogens (primary N) is 1. The van der Waals surface area contributed by atoms with Gasteiger partial charge in [-0.15, -0.1) is 0 Å². The van der Waals surface area contributed by atoms with E-state index in [1.807, 2.05) is 6.92 Å². The molecule has 26 heavy (non-hydrogen) atoms. The molecule has 0 unspecified atom stereocenters. The maximum absolute atomic E-state index is 12.8. The number of carbonyl (C=O) groups excluding carboxylic acids is 1. The number of carbonyl (C=O) groups is 1. The topological polar surface area (TPSA) is 89.7 Å². The van der Waals surface area contributed by atoms with Crippen LogP contribution in [0.15, 0.2) is 47.4 Å². The Morgan fingerprint density at radius 1 is 1.27 bits per heavy atom. The number of halogens is 1. The highest BCUT2D eigenvalue weighted by molar-refractivity contribution is 7.89. The summed E-state index contributed by atoms with van der Waals surface area (Å²) in [4.78, 5) is 14.4. The van der Waals surface area contributed by atoms with Crippen LogP contribution >= 0.6 is 11.6 Å². The average molecular weight is 395 g/mol. The van der Waals surface area contributed by atoms with Gasteiger partial charge in [-0.2, -0.15) is 0 Å². The Hall–Kier alpha value is -2.09. The molecule has 0 fully saturated rings. The van der Waals surface area contributed by atoms with Crippen LogP contribution in [0, 0.1) is 0 Å². The summed E-state index contributed by atoms with van der Waals surface area (Å²) in [5.41, 5.74) is 1.71. The molecule has 138 valence electrons. The van der Waals surface area contributed by atoms with Crippen LogP contribution in [0.2, 0.25) is 5.02 Å². The molecule has 0 radical (unpaired) electrons. The molecule has 0 bridgehead atoms. The van der Waals surface area contributed by atoms with Crippen LogP contribution in [0.5, 0.6) is 5.75 Å². The Balaban J connectivity index is 1.72. The summed E-state index contributed by atoms with van der Waals surface area (Å²) in [7, 11) is -2.05. The molecule has 0 saturated heterocycles. The van der Waals surface area contributed by atoms with Crippen LogP contribution in [0.4, 0.5) is 0 Å². The molecule has 2 N–H and O–H groups in total. The van der Waals surface area contributed by atoms with Crippen molar-refractivity contribution in [2.45, 2.75) is 30.4 Å². The molecule has 0 spiro atoms. The standard InChI is InChI=1S/C18H19ClN2O4S/c1-11(12-3-6-15(7-4-12)26(20,23)24)21(2)18(22)17-10-13-9-14(19)5-8-16(13)25-17/h3-9,11,17H,10H2,1-2H3,(H2,20,23,24)/t11-,17-/m1/s1. The highest BCUT2D eigenvalue weighted by Gasteiger charge is 2.33. The maximum atomic E-state index is 12.8. The normalized spacial score (nSPS) is 17.3. The average Bonchev–Trinajstić information content (AvgIpc) is 3.02. The molecule has 0 saturated carbocycles. The molecule has 1 aliphatic heterocycles. The minimum Gasteiger partial charge on any atom is -0.480 e. The lowest BCUT2D eigenvalue weighted by atomic mass is 10.1. The van der Waals surface area contributed by atoms with Crippen molar-refractivity contribution in [3.63, 3.8) is 0 Å². The quantitative estimate of drug-likeness (QED) is 0.862. The summed E-state index contributed by atoms with van der Waals surface area (Å²) in [6.07, 6.45) is -0.129. The molecule has 6 nitrogen and oxygen atoms in total. The van der Waals surface area contributed by atoms with E-state index in [0.29, 0.717) is 17.2 Å². The Labute approximate surface area is 157 Å². The van der Waals surface area contributed by atoms with Gasteiger partial charge in [-0.25, -0.2) is 13.6 Å². The molecular formula is C18H19ClN2O4S. The van der Waals surface area contributed by atoms with E-state index in [-0.39, 0.29) is 16.8 Å². The number of sulfonamides is 1. The summed E-state index contributed by atoms with van der Waals surface area (Å²) in [6.45, 7) is 1.86. The number of benzene rings is 2. The Morgan fingerprint density at radius 2 is 1.92 bits per heavy atom. The number of nitrogens with zero attached hydrogens (tertiary/aromatic N) is 1. The maximum Gasteiger partial charge on any atom is 0.264 e. The highest BCUT2D eigenvalue weighted by Crippen LogP contribution is 2.32. The van der Waals surface area contributed by atoms with E-state index in [1.54, 1.807) is 42.3 Å². The first-order valence-electron chi connectivity index (χ1n) is 8.01. The highest BCUT2D eigenvalue weighted by atomic mass is 35.5. The summed E-state index contributed by atoms with van der Waals surface area (Å²) >= 11 is 5.99. The molecule has 0 aliphatic carbocycles. The predicted octanol–water partition coefficient (Wildman–Crippen LogP) is 2.51. The lowest BCUT2D eigenvalue weighted by molar-refractivity contribution is -0.138. The number of rotatable bonds is 4. The lowest BCUT2D eigenvalue weighted by Crippen LogP contribution is -2.40. The van der Waals surface area contributed by atoms with Crippen molar-refractivity contribution < 1.29 is 17.9 Å². The number of primary sulfonamides is 1. The molecule has 8 heteroatoms. The van der Waals surface area contributed by atoms with Gasteiger partial charge in [0.05, 0.1) is 10.9 Å². The second kappa shape index (κ2) is 6.90. The Kier molecular flexibility index (Phi) is 4.96. The first kappa shape index (κ1) is 18.7. The van der Waals surface area contributed by atoms with Gasteiger partial charge in [0.25, 0.3) is 5.91 Å². The summed E-state index contributed by atoms with van der Waals surface area (Å²) in [5.74, 6) is 0.520. The molecule has 2 aromatic rings. The van der Waals surface area contributed by atoms with Crippen LogP contribution in [0.3, 0.4) is 0 Å². The Morgan fingerprint density at radius 3 is 2.54 bits per heavy atom. The molecule has 1 heterocycles. The SMILES string of the molecule is C[C@H](c1ccc(S(N)(=O)=O)cc1)N(C)C(=O)[C@H]1Cc2cc(Cl)ccc2O1.